The molecule has 100 valence electrons. The lowest BCUT2D eigenvalue weighted by Gasteiger charge is -2.27. The largest absolute Gasteiger partial charge is 0.494 e. The van der Waals surface area contributed by atoms with Gasteiger partial charge in [-0.15, -0.1) is 0 Å². The second-order valence-corrected chi connectivity index (χ2v) is 4.89. The molecule has 1 aliphatic heterocycles. The molecule has 2 atom stereocenters. The molecule has 0 spiro atoms. The van der Waals surface area contributed by atoms with Gasteiger partial charge < -0.3 is 10.1 Å². The highest BCUT2D eigenvalue weighted by atomic mass is 19.1. The quantitative estimate of drug-likeness (QED) is 0.811. The first-order chi connectivity index (χ1) is 8.81. The molecule has 0 aliphatic carbocycles. The second-order valence-electron chi connectivity index (χ2n) is 4.89. The van der Waals surface area contributed by atoms with Crippen molar-refractivity contribution in [1.29, 1.82) is 0 Å². The average Bonchev–Trinajstić information content (AvgIpc) is 2.41. The third kappa shape index (κ3) is 3.45. The Balaban J connectivity index is 1.94. The molecule has 1 heterocycles. The number of halogens is 1. The highest BCUT2D eigenvalue weighted by Gasteiger charge is 2.25. The molecule has 1 N–H and O–H groups in total. The summed E-state index contributed by atoms with van der Waals surface area (Å²) in [5, 5.41) is 3.08. The van der Waals surface area contributed by atoms with Crippen LogP contribution in [0.15, 0.2) is 24.3 Å². The molecule has 0 amide bonds. The van der Waals surface area contributed by atoms with Crippen LogP contribution in [0.25, 0.3) is 0 Å². The predicted octanol–water partition coefficient (Wildman–Crippen LogP) is 3.28. The number of ether oxygens (including phenoxy) is 1. The zero-order chi connectivity index (χ0) is 12.8. The normalized spacial score (nSPS) is 23.9. The summed E-state index contributed by atoms with van der Waals surface area (Å²) in [6.07, 6.45) is 2.31. The molecule has 0 unspecified atom stereocenters. The van der Waals surface area contributed by atoms with Gasteiger partial charge in [0.1, 0.15) is 11.9 Å². The molecular formula is C15H22FNO. The summed E-state index contributed by atoms with van der Waals surface area (Å²) in [6.45, 7) is 4.28. The van der Waals surface area contributed by atoms with Gasteiger partial charge in [0.25, 0.3) is 0 Å². The van der Waals surface area contributed by atoms with E-state index in [2.05, 4.69) is 12.2 Å². The van der Waals surface area contributed by atoms with Crippen LogP contribution < -0.4 is 10.1 Å². The van der Waals surface area contributed by atoms with Crippen LogP contribution in [0.4, 0.5) is 4.39 Å². The topological polar surface area (TPSA) is 21.3 Å². The van der Waals surface area contributed by atoms with Crippen molar-refractivity contribution in [1.82, 2.24) is 5.32 Å². The zero-order valence-corrected chi connectivity index (χ0v) is 11.0. The molecule has 2 rings (SSSR count). The first-order valence-corrected chi connectivity index (χ1v) is 6.89. The van der Waals surface area contributed by atoms with Gasteiger partial charge in [-0.3, -0.25) is 0 Å². The van der Waals surface area contributed by atoms with Crippen LogP contribution in [0.2, 0.25) is 0 Å². The minimum atomic E-state index is -0.773. The lowest BCUT2D eigenvalue weighted by molar-refractivity contribution is 0.231. The summed E-state index contributed by atoms with van der Waals surface area (Å²) in [6, 6.07) is 7.92. The van der Waals surface area contributed by atoms with E-state index in [0.29, 0.717) is 6.54 Å². The lowest BCUT2D eigenvalue weighted by atomic mass is 9.89. The summed E-state index contributed by atoms with van der Waals surface area (Å²) in [5.74, 6) is 0.924. The molecule has 18 heavy (non-hydrogen) atoms. The smallest absolute Gasteiger partial charge is 0.119 e. The Morgan fingerprint density at radius 2 is 2.11 bits per heavy atom. The fourth-order valence-corrected chi connectivity index (χ4v) is 2.34. The van der Waals surface area contributed by atoms with Gasteiger partial charge in [0, 0.05) is 12.5 Å². The zero-order valence-electron chi connectivity index (χ0n) is 11.0. The van der Waals surface area contributed by atoms with Crippen LogP contribution in [0, 0.1) is 0 Å². The van der Waals surface area contributed by atoms with Crippen LogP contribution in [0.1, 0.15) is 37.7 Å². The van der Waals surface area contributed by atoms with Crippen molar-refractivity contribution < 1.29 is 9.13 Å². The number of unbranched alkanes of at least 4 members (excludes halogenated alkanes) is 1. The van der Waals surface area contributed by atoms with E-state index < -0.39 is 6.17 Å². The van der Waals surface area contributed by atoms with Gasteiger partial charge in [0.15, 0.2) is 0 Å². The number of hydrogen-bond acceptors (Lipinski definition) is 2. The van der Waals surface area contributed by atoms with Gasteiger partial charge in [0.05, 0.1) is 6.61 Å². The van der Waals surface area contributed by atoms with Crippen LogP contribution >= 0.6 is 0 Å². The van der Waals surface area contributed by atoms with Crippen molar-refractivity contribution in [3.8, 4) is 5.75 Å². The number of benzene rings is 1. The Morgan fingerprint density at radius 1 is 1.33 bits per heavy atom. The van der Waals surface area contributed by atoms with E-state index in [1.807, 2.05) is 24.3 Å². The van der Waals surface area contributed by atoms with Gasteiger partial charge in [-0.05, 0) is 37.1 Å². The van der Waals surface area contributed by atoms with Crippen molar-refractivity contribution in [3.63, 3.8) is 0 Å². The number of hydrogen-bond donors (Lipinski definition) is 1. The molecule has 0 saturated carbocycles. The minimum Gasteiger partial charge on any atom is -0.494 e. The van der Waals surface area contributed by atoms with Crippen molar-refractivity contribution in [3.05, 3.63) is 29.8 Å². The minimum absolute atomic E-state index is 0.0379. The molecule has 1 saturated heterocycles. The van der Waals surface area contributed by atoms with Crippen LogP contribution in [0.5, 0.6) is 5.75 Å². The first kappa shape index (κ1) is 13.3. The Morgan fingerprint density at radius 3 is 2.78 bits per heavy atom. The van der Waals surface area contributed by atoms with Crippen LogP contribution in [-0.2, 0) is 0 Å². The SMILES string of the molecule is CCCCOc1ccc([C@H]2CCNC[C@@H]2F)cc1. The first-order valence-electron chi connectivity index (χ1n) is 6.89. The highest BCUT2D eigenvalue weighted by molar-refractivity contribution is 5.30. The molecule has 1 aliphatic rings. The van der Waals surface area contributed by atoms with Crippen molar-refractivity contribution in [2.75, 3.05) is 19.7 Å². The van der Waals surface area contributed by atoms with E-state index >= 15 is 0 Å². The maximum Gasteiger partial charge on any atom is 0.119 e. The van der Waals surface area contributed by atoms with Gasteiger partial charge in [-0.25, -0.2) is 4.39 Å². The molecule has 2 nitrogen and oxygen atoms in total. The Bertz CT molecular complexity index is 352. The molecule has 1 aromatic rings. The maximum atomic E-state index is 13.8. The number of rotatable bonds is 5. The van der Waals surface area contributed by atoms with E-state index in [9.17, 15) is 4.39 Å². The average molecular weight is 251 g/mol. The fraction of sp³-hybridized carbons (Fsp3) is 0.600. The van der Waals surface area contributed by atoms with E-state index in [-0.39, 0.29) is 5.92 Å². The van der Waals surface area contributed by atoms with Gasteiger partial charge in [0.2, 0.25) is 0 Å². The second kappa shape index (κ2) is 6.74. The van der Waals surface area contributed by atoms with E-state index in [1.165, 1.54) is 0 Å². The summed E-state index contributed by atoms with van der Waals surface area (Å²) < 4.78 is 19.4. The standard InChI is InChI=1S/C15H22FNO/c1-2-3-10-18-13-6-4-12(5-7-13)14-8-9-17-11-15(14)16/h4-7,14-15,17H,2-3,8-11H2,1H3/t14-,15+/m1/s1. The van der Waals surface area contributed by atoms with Gasteiger partial charge in [-0.2, -0.15) is 0 Å². The predicted molar refractivity (Wildman–Crippen MR) is 72.0 cm³/mol. The summed E-state index contributed by atoms with van der Waals surface area (Å²) >= 11 is 0. The van der Waals surface area contributed by atoms with Crippen LogP contribution in [-0.4, -0.2) is 25.9 Å². The fourth-order valence-electron chi connectivity index (χ4n) is 2.34. The maximum absolute atomic E-state index is 13.8. The van der Waals surface area contributed by atoms with Gasteiger partial charge in [-0.1, -0.05) is 25.5 Å². The number of nitrogens with one attached hydrogen (secondary N) is 1. The van der Waals surface area contributed by atoms with Gasteiger partial charge >= 0.3 is 0 Å². The molecule has 0 aromatic heterocycles. The third-order valence-corrected chi connectivity index (χ3v) is 3.48. The number of alkyl halides is 1. The van der Waals surface area contributed by atoms with Crippen molar-refractivity contribution in [2.45, 2.75) is 38.3 Å². The van der Waals surface area contributed by atoms with Crippen LogP contribution in [0.3, 0.4) is 0 Å². The molecule has 3 heteroatoms. The van der Waals surface area contributed by atoms with E-state index in [0.717, 1.165) is 43.7 Å². The van der Waals surface area contributed by atoms with Crippen molar-refractivity contribution >= 4 is 0 Å². The monoisotopic (exact) mass is 251 g/mol. The summed E-state index contributed by atoms with van der Waals surface area (Å²) in [7, 11) is 0. The Kier molecular flexibility index (Phi) is 5.00. The Hall–Kier alpha value is -1.09. The van der Waals surface area contributed by atoms with E-state index in [4.69, 9.17) is 4.74 Å². The highest BCUT2D eigenvalue weighted by Crippen LogP contribution is 2.28. The summed E-state index contributed by atoms with van der Waals surface area (Å²) in [4.78, 5) is 0. The molecule has 0 bridgehead atoms. The van der Waals surface area contributed by atoms with Crippen molar-refractivity contribution in [2.24, 2.45) is 0 Å². The van der Waals surface area contributed by atoms with E-state index in [1.54, 1.807) is 0 Å². The third-order valence-electron chi connectivity index (χ3n) is 3.48. The lowest BCUT2D eigenvalue weighted by Crippen LogP contribution is -2.36. The summed E-state index contributed by atoms with van der Waals surface area (Å²) in [5.41, 5.74) is 1.09. The Labute approximate surface area is 109 Å². The molecule has 1 aromatic carbocycles. The number of piperidine rings is 1. The molecule has 1 fully saturated rings. The molecular weight excluding hydrogens is 229 g/mol. The molecule has 0 radical (unpaired) electrons.